The highest BCUT2D eigenvalue weighted by Gasteiger charge is 2.14. The summed E-state index contributed by atoms with van der Waals surface area (Å²) >= 11 is 0. The van der Waals surface area contributed by atoms with Crippen LogP contribution in [0.25, 0.3) is 0 Å². The molecule has 2 aromatic rings. The Hall–Kier alpha value is -1.56. The van der Waals surface area contributed by atoms with Crippen molar-refractivity contribution >= 4 is 0 Å². The van der Waals surface area contributed by atoms with Gasteiger partial charge in [0.05, 0.1) is 0 Å². The van der Waals surface area contributed by atoms with Crippen LogP contribution in [0.1, 0.15) is 49.7 Å². The standard InChI is InChI=1S/C18H22/c1-3-16(18-12-8-5-9-13-18)14-15(2)17-10-6-4-7-11-17/h4-13,15-16H,3,14H2,1-2H3/t15-,16-/m0/s1. The van der Waals surface area contributed by atoms with E-state index in [1.165, 1.54) is 24.0 Å². The quantitative estimate of drug-likeness (QED) is 0.656. The second-order valence-electron chi connectivity index (χ2n) is 5.06. The van der Waals surface area contributed by atoms with E-state index in [0.29, 0.717) is 11.8 Å². The lowest BCUT2D eigenvalue weighted by molar-refractivity contribution is 0.544. The molecule has 0 aliphatic heterocycles. The van der Waals surface area contributed by atoms with Crippen molar-refractivity contribution in [3.05, 3.63) is 71.8 Å². The third kappa shape index (κ3) is 3.22. The first-order chi connectivity index (χ1) is 8.81. The lowest BCUT2D eigenvalue weighted by Gasteiger charge is -2.20. The predicted molar refractivity (Wildman–Crippen MR) is 78.9 cm³/mol. The first-order valence-corrected chi connectivity index (χ1v) is 6.91. The summed E-state index contributed by atoms with van der Waals surface area (Å²) in [5, 5.41) is 0. The van der Waals surface area contributed by atoms with Gasteiger partial charge in [0.1, 0.15) is 0 Å². The van der Waals surface area contributed by atoms with E-state index in [4.69, 9.17) is 0 Å². The summed E-state index contributed by atoms with van der Waals surface area (Å²) in [6, 6.07) is 21.7. The zero-order valence-corrected chi connectivity index (χ0v) is 11.3. The average molecular weight is 238 g/mol. The molecule has 2 rings (SSSR count). The molecule has 94 valence electrons. The van der Waals surface area contributed by atoms with E-state index < -0.39 is 0 Å². The zero-order valence-electron chi connectivity index (χ0n) is 11.3. The normalized spacial score (nSPS) is 14.1. The van der Waals surface area contributed by atoms with Gasteiger partial charge in [0.15, 0.2) is 0 Å². The van der Waals surface area contributed by atoms with Gasteiger partial charge >= 0.3 is 0 Å². The SMILES string of the molecule is CC[C@@H](C[C@H](C)c1ccccc1)c1ccccc1. The van der Waals surface area contributed by atoms with Crippen molar-refractivity contribution in [1.82, 2.24) is 0 Å². The van der Waals surface area contributed by atoms with Crippen LogP contribution >= 0.6 is 0 Å². The van der Waals surface area contributed by atoms with Crippen LogP contribution in [0.4, 0.5) is 0 Å². The molecule has 0 aromatic heterocycles. The van der Waals surface area contributed by atoms with E-state index in [9.17, 15) is 0 Å². The fraction of sp³-hybridized carbons (Fsp3) is 0.333. The van der Waals surface area contributed by atoms with Gasteiger partial charge < -0.3 is 0 Å². The van der Waals surface area contributed by atoms with Crippen LogP contribution in [-0.4, -0.2) is 0 Å². The van der Waals surface area contributed by atoms with Crippen LogP contribution in [0.5, 0.6) is 0 Å². The van der Waals surface area contributed by atoms with E-state index in [-0.39, 0.29) is 0 Å². The highest BCUT2D eigenvalue weighted by atomic mass is 14.2. The monoisotopic (exact) mass is 238 g/mol. The summed E-state index contributed by atoms with van der Waals surface area (Å²) < 4.78 is 0. The van der Waals surface area contributed by atoms with Crippen molar-refractivity contribution in [2.75, 3.05) is 0 Å². The molecular weight excluding hydrogens is 216 g/mol. The topological polar surface area (TPSA) is 0 Å². The summed E-state index contributed by atoms with van der Waals surface area (Å²) in [4.78, 5) is 0. The molecule has 0 fully saturated rings. The molecule has 0 saturated carbocycles. The average Bonchev–Trinajstić information content (AvgIpc) is 2.46. The summed E-state index contributed by atoms with van der Waals surface area (Å²) in [7, 11) is 0. The summed E-state index contributed by atoms with van der Waals surface area (Å²) in [6.07, 6.45) is 2.44. The maximum atomic E-state index is 2.33. The number of rotatable bonds is 5. The molecular formula is C18H22. The molecule has 18 heavy (non-hydrogen) atoms. The maximum Gasteiger partial charge on any atom is -0.0159 e. The van der Waals surface area contributed by atoms with E-state index in [1.807, 2.05) is 0 Å². The number of hydrogen-bond donors (Lipinski definition) is 0. The Morgan fingerprint density at radius 3 is 1.78 bits per heavy atom. The first kappa shape index (κ1) is 12.9. The van der Waals surface area contributed by atoms with Crippen LogP contribution in [-0.2, 0) is 0 Å². The first-order valence-electron chi connectivity index (χ1n) is 6.91. The van der Waals surface area contributed by atoms with Crippen LogP contribution in [0.2, 0.25) is 0 Å². The highest BCUT2D eigenvalue weighted by molar-refractivity contribution is 5.23. The maximum absolute atomic E-state index is 2.33. The fourth-order valence-corrected chi connectivity index (χ4v) is 2.61. The van der Waals surface area contributed by atoms with E-state index in [2.05, 4.69) is 74.5 Å². The Kier molecular flexibility index (Phi) is 4.58. The van der Waals surface area contributed by atoms with Gasteiger partial charge in [-0.3, -0.25) is 0 Å². The predicted octanol–water partition coefficient (Wildman–Crippen LogP) is 5.37. The molecule has 0 radical (unpaired) electrons. The van der Waals surface area contributed by atoms with Crippen molar-refractivity contribution in [2.24, 2.45) is 0 Å². The molecule has 0 nitrogen and oxygen atoms in total. The lowest BCUT2D eigenvalue weighted by atomic mass is 9.85. The van der Waals surface area contributed by atoms with Crippen LogP contribution in [0.3, 0.4) is 0 Å². The van der Waals surface area contributed by atoms with Gasteiger partial charge in [-0.15, -0.1) is 0 Å². The fourth-order valence-electron chi connectivity index (χ4n) is 2.61. The number of hydrogen-bond acceptors (Lipinski definition) is 0. The van der Waals surface area contributed by atoms with Gasteiger partial charge in [-0.05, 0) is 35.8 Å². The summed E-state index contributed by atoms with van der Waals surface area (Å²) in [5.74, 6) is 1.29. The van der Waals surface area contributed by atoms with Crippen molar-refractivity contribution in [3.63, 3.8) is 0 Å². The smallest absolute Gasteiger partial charge is 0.0159 e. The van der Waals surface area contributed by atoms with E-state index in [1.54, 1.807) is 0 Å². The molecule has 0 heterocycles. The molecule has 0 spiro atoms. The lowest BCUT2D eigenvalue weighted by Crippen LogP contribution is -2.03. The Morgan fingerprint density at radius 2 is 1.28 bits per heavy atom. The molecule has 0 unspecified atom stereocenters. The highest BCUT2D eigenvalue weighted by Crippen LogP contribution is 2.31. The van der Waals surface area contributed by atoms with Crippen molar-refractivity contribution in [1.29, 1.82) is 0 Å². The molecule has 0 aliphatic carbocycles. The molecule has 0 saturated heterocycles. The van der Waals surface area contributed by atoms with Gasteiger partial charge in [-0.1, -0.05) is 74.5 Å². The van der Waals surface area contributed by atoms with Gasteiger partial charge in [0.25, 0.3) is 0 Å². The Balaban J connectivity index is 2.07. The van der Waals surface area contributed by atoms with E-state index in [0.717, 1.165) is 0 Å². The molecule has 0 N–H and O–H groups in total. The third-order valence-electron chi connectivity index (χ3n) is 3.77. The van der Waals surface area contributed by atoms with Crippen LogP contribution in [0, 0.1) is 0 Å². The molecule has 0 aliphatic rings. The number of benzene rings is 2. The minimum atomic E-state index is 0.622. The second kappa shape index (κ2) is 6.39. The van der Waals surface area contributed by atoms with Crippen molar-refractivity contribution in [3.8, 4) is 0 Å². The Bertz CT molecular complexity index is 444. The summed E-state index contributed by atoms with van der Waals surface area (Å²) in [6.45, 7) is 4.62. The Morgan fingerprint density at radius 1 is 0.778 bits per heavy atom. The van der Waals surface area contributed by atoms with Crippen LogP contribution in [0.15, 0.2) is 60.7 Å². The summed E-state index contributed by atoms with van der Waals surface area (Å²) in [5.41, 5.74) is 2.93. The van der Waals surface area contributed by atoms with Crippen LogP contribution < -0.4 is 0 Å². The third-order valence-corrected chi connectivity index (χ3v) is 3.77. The minimum absolute atomic E-state index is 0.622. The minimum Gasteiger partial charge on any atom is -0.0648 e. The zero-order chi connectivity index (χ0) is 12.8. The van der Waals surface area contributed by atoms with Gasteiger partial charge in [0.2, 0.25) is 0 Å². The van der Waals surface area contributed by atoms with Gasteiger partial charge in [-0.2, -0.15) is 0 Å². The second-order valence-corrected chi connectivity index (χ2v) is 5.06. The molecule has 2 aromatic carbocycles. The largest absolute Gasteiger partial charge is 0.0648 e. The van der Waals surface area contributed by atoms with E-state index >= 15 is 0 Å². The molecule has 0 heteroatoms. The van der Waals surface area contributed by atoms with Crippen molar-refractivity contribution in [2.45, 2.75) is 38.5 Å². The molecule has 0 bridgehead atoms. The van der Waals surface area contributed by atoms with Gasteiger partial charge in [0, 0.05) is 0 Å². The van der Waals surface area contributed by atoms with Crippen molar-refractivity contribution < 1.29 is 0 Å². The molecule has 2 atom stereocenters. The Labute approximate surface area is 111 Å². The molecule has 0 amide bonds. The van der Waals surface area contributed by atoms with Gasteiger partial charge in [-0.25, -0.2) is 0 Å².